The van der Waals surface area contributed by atoms with Crippen molar-refractivity contribution in [3.8, 4) is 5.75 Å². The predicted octanol–water partition coefficient (Wildman–Crippen LogP) is 1.55. The van der Waals surface area contributed by atoms with Gasteiger partial charge in [0.25, 0.3) is 0 Å². The van der Waals surface area contributed by atoms with Crippen molar-refractivity contribution in [3.63, 3.8) is 0 Å². The predicted molar refractivity (Wildman–Crippen MR) is 86.1 cm³/mol. The molecule has 2 rings (SSSR count). The Morgan fingerprint density at radius 1 is 1.36 bits per heavy atom. The van der Waals surface area contributed by atoms with Gasteiger partial charge in [-0.05, 0) is 43.5 Å². The van der Waals surface area contributed by atoms with Crippen LogP contribution in [0.2, 0.25) is 5.02 Å². The molecule has 0 radical (unpaired) electrons. The molecule has 0 atom stereocenters. The van der Waals surface area contributed by atoms with E-state index in [9.17, 15) is 15.0 Å². The summed E-state index contributed by atoms with van der Waals surface area (Å²) in [6.07, 6.45) is 2.64. The number of aliphatic hydroxyl groups excluding tert-OH is 1. The molecule has 0 aromatic heterocycles. The van der Waals surface area contributed by atoms with Crippen LogP contribution in [0.25, 0.3) is 0 Å². The molecule has 1 aliphatic heterocycles. The zero-order chi connectivity index (χ0) is 15.9. The summed E-state index contributed by atoms with van der Waals surface area (Å²) in [6.45, 7) is 3.43. The molecular weight excluding hydrogens is 304 g/mol. The van der Waals surface area contributed by atoms with E-state index in [0.29, 0.717) is 17.1 Å². The number of hydrogen-bond donors (Lipinski definition) is 3. The monoisotopic (exact) mass is 326 g/mol. The molecule has 3 N–H and O–H groups in total. The van der Waals surface area contributed by atoms with Gasteiger partial charge in [-0.3, -0.25) is 4.79 Å². The second-order valence-corrected chi connectivity index (χ2v) is 6.14. The SMILES string of the molecule is O=C(Cc1ccc(O)cc1Cl)NCCCN1CCC(O)CC1. The number of nitrogens with zero attached hydrogens (tertiary/aromatic N) is 1. The molecule has 1 saturated heterocycles. The number of nitrogens with one attached hydrogen (secondary N) is 1. The first-order valence-electron chi connectivity index (χ1n) is 7.69. The minimum atomic E-state index is -0.147. The van der Waals surface area contributed by atoms with Gasteiger partial charge in [-0.15, -0.1) is 0 Å². The summed E-state index contributed by atoms with van der Waals surface area (Å²) >= 11 is 5.98. The molecule has 1 aromatic carbocycles. The fourth-order valence-corrected chi connectivity index (χ4v) is 2.83. The number of hydrogen-bond acceptors (Lipinski definition) is 4. The minimum absolute atomic E-state index is 0.0679. The summed E-state index contributed by atoms with van der Waals surface area (Å²) in [6, 6.07) is 4.63. The van der Waals surface area contributed by atoms with Crippen molar-refractivity contribution < 1.29 is 15.0 Å². The number of rotatable bonds is 6. The molecule has 22 heavy (non-hydrogen) atoms. The standard InChI is InChI=1S/C16H23ClN2O3/c17-15-11-14(21)3-2-12(15)10-16(22)18-6-1-7-19-8-4-13(20)5-9-19/h2-3,11,13,20-21H,1,4-10H2,(H,18,22). The van der Waals surface area contributed by atoms with Crippen molar-refractivity contribution in [1.82, 2.24) is 10.2 Å². The maximum absolute atomic E-state index is 11.9. The number of piperidine rings is 1. The van der Waals surface area contributed by atoms with E-state index in [2.05, 4.69) is 10.2 Å². The molecule has 0 saturated carbocycles. The summed E-state index contributed by atoms with van der Waals surface area (Å²) in [5.74, 6) is 0.0301. The third-order valence-corrected chi connectivity index (χ3v) is 4.27. The van der Waals surface area contributed by atoms with Crippen LogP contribution in [0.5, 0.6) is 5.75 Å². The average molecular weight is 327 g/mol. The molecule has 6 heteroatoms. The fraction of sp³-hybridized carbons (Fsp3) is 0.562. The van der Waals surface area contributed by atoms with E-state index in [0.717, 1.165) is 38.9 Å². The van der Waals surface area contributed by atoms with Crippen molar-refractivity contribution in [2.75, 3.05) is 26.2 Å². The Hall–Kier alpha value is -1.30. The maximum Gasteiger partial charge on any atom is 0.224 e. The van der Waals surface area contributed by atoms with E-state index in [1.54, 1.807) is 6.07 Å². The van der Waals surface area contributed by atoms with Crippen LogP contribution in [0.15, 0.2) is 18.2 Å². The molecule has 1 amide bonds. The Balaban J connectivity index is 1.63. The lowest BCUT2D eigenvalue weighted by atomic mass is 10.1. The molecular formula is C16H23ClN2O3. The summed E-state index contributed by atoms with van der Waals surface area (Å²) in [5, 5.41) is 22.0. The number of aromatic hydroxyl groups is 1. The summed E-state index contributed by atoms with van der Waals surface area (Å²) in [5.41, 5.74) is 0.710. The van der Waals surface area contributed by atoms with E-state index >= 15 is 0 Å². The Morgan fingerprint density at radius 2 is 2.09 bits per heavy atom. The summed E-state index contributed by atoms with van der Waals surface area (Å²) < 4.78 is 0. The van der Waals surface area contributed by atoms with Crippen LogP contribution in [0.4, 0.5) is 0 Å². The Morgan fingerprint density at radius 3 is 2.77 bits per heavy atom. The lowest BCUT2D eigenvalue weighted by Gasteiger charge is -2.29. The van der Waals surface area contributed by atoms with Gasteiger partial charge >= 0.3 is 0 Å². The van der Waals surface area contributed by atoms with Crippen LogP contribution in [0, 0.1) is 0 Å². The van der Waals surface area contributed by atoms with Gasteiger partial charge in [-0.1, -0.05) is 17.7 Å². The molecule has 0 bridgehead atoms. The number of phenols is 1. The molecule has 0 spiro atoms. The first kappa shape index (κ1) is 17.1. The van der Waals surface area contributed by atoms with Crippen molar-refractivity contribution in [3.05, 3.63) is 28.8 Å². The molecule has 1 aromatic rings. The van der Waals surface area contributed by atoms with E-state index < -0.39 is 0 Å². The topological polar surface area (TPSA) is 72.8 Å². The van der Waals surface area contributed by atoms with E-state index in [-0.39, 0.29) is 24.2 Å². The molecule has 1 fully saturated rings. The highest BCUT2D eigenvalue weighted by Gasteiger charge is 2.16. The lowest BCUT2D eigenvalue weighted by molar-refractivity contribution is -0.120. The van der Waals surface area contributed by atoms with Gasteiger partial charge in [0.05, 0.1) is 12.5 Å². The zero-order valence-corrected chi connectivity index (χ0v) is 13.4. The summed E-state index contributed by atoms with van der Waals surface area (Å²) in [4.78, 5) is 14.2. The average Bonchev–Trinajstić information content (AvgIpc) is 2.48. The highest BCUT2D eigenvalue weighted by atomic mass is 35.5. The number of aliphatic hydroxyl groups is 1. The smallest absolute Gasteiger partial charge is 0.224 e. The first-order valence-corrected chi connectivity index (χ1v) is 8.07. The maximum atomic E-state index is 11.9. The second-order valence-electron chi connectivity index (χ2n) is 5.73. The molecule has 0 unspecified atom stereocenters. The number of carbonyl (C=O) groups is 1. The van der Waals surface area contributed by atoms with Crippen LogP contribution in [-0.2, 0) is 11.2 Å². The number of amides is 1. The molecule has 5 nitrogen and oxygen atoms in total. The first-order chi connectivity index (χ1) is 10.5. The van der Waals surface area contributed by atoms with Crippen molar-refractivity contribution in [2.45, 2.75) is 31.8 Å². The number of phenolic OH excluding ortho intramolecular Hbond substituents is 1. The molecule has 1 heterocycles. The third-order valence-electron chi connectivity index (χ3n) is 3.92. The van der Waals surface area contributed by atoms with Crippen LogP contribution in [-0.4, -0.2) is 53.3 Å². The Kier molecular flexibility index (Phi) is 6.49. The number of likely N-dealkylation sites (tertiary alicyclic amines) is 1. The Labute approximate surface area is 135 Å². The third kappa shape index (κ3) is 5.48. The van der Waals surface area contributed by atoms with Crippen molar-refractivity contribution >= 4 is 17.5 Å². The molecule has 0 aliphatic carbocycles. The number of benzene rings is 1. The highest BCUT2D eigenvalue weighted by Crippen LogP contribution is 2.21. The Bertz CT molecular complexity index is 502. The van der Waals surface area contributed by atoms with E-state index in [4.69, 9.17) is 11.6 Å². The van der Waals surface area contributed by atoms with Gasteiger partial charge in [0, 0.05) is 24.7 Å². The van der Waals surface area contributed by atoms with Crippen molar-refractivity contribution in [2.24, 2.45) is 0 Å². The van der Waals surface area contributed by atoms with Crippen LogP contribution in [0.1, 0.15) is 24.8 Å². The van der Waals surface area contributed by atoms with Crippen LogP contribution < -0.4 is 5.32 Å². The molecule has 122 valence electrons. The van der Waals surface area contributed by atoms with Gasteiger partial charge in [-0.2, -0.15) is 0 Å². The zero-order valence-electron chi connectivity index (χ0n) is 12.6. The number of halogens is 1. The van der Waals surface area contributed by atoms with Crippen LogP contribution in [0.3, 0.4) is 0 Å². The number of carbonyl (C=O) groups excluding carboxylic acids is 1. The second kappa shape index (κ2) is 8.36. The van der Waals surface area contributed by atoms with Gasteiger partial charge < -0.3 is 20.4 Å². The van der Waals surface area contributed by atoms with Crippen LogP contribution >= 0.6 is 11.6 Å². The quantitative estimate of drug-likeness (QED) is 0.694. The summed E-state index contributed by atoms with van der Waals surface area (Å²) in [7, 11) is 0. The fourth-order valence-electron chi connectivity index (χ4n) is 2.59. The highest BCUT2D eigenvalue weighted by molar-refractivity contribution is 6.31. The molecule has 1 aliphatic rings. The van der Waals surface area contributed by atoms with Gasteiger partial charge in [0.2, 0.25) is 5.91 Å². The van der Waals surface area contributed by atoms with Gasteiger partial charge in [0.1, 0.15) is 5.75 Å². The van der Waals surface area contributed by atoms with Gasteiger partial charge in [0.15, 0.2) is 0 Å². The minimum Gasteiger partial charge on any atom is -0.508 e. The van der Waals surface area contributed by atoms with Crippen molar-refractivity contribution in [1.29, 1.82) is 0 Å². The van der Waals surface area contributed by atoms with E-state index in [1.807, 2.05) is 0 Å². The van der Waals surface area contributed by atoms with E-state index in [1.165, 1.54) is 12.1 Å². The van der Waals surface area contributed by atoms with Gasteiger partial charge in [-0.25, -0.2) is 0 Å². The normalized spacial score (nSPS) is 16.6. The largest absolute Gasteiger partial charge is 0.508 e. The lowest BCUT2D eigenvalue weighted by Crippen LogP contribution is -2.37.